The predicted octanol–water partition coefficient (Wildman–Crippen LogP) is 2.90. The Labute approximate surface area is 115 Å². The molecule has 0 fully saturated rings. The third-order valence-corrected chi connectivity index (χ3v) is 2.77. The number of aromatic nitrogens is 1. The smallest absolute Gasteiger partial charge is 0.177 e. The number of phenolic OH excluding ortho intramolecular Hbond substituents is 1. The summed E-state index contributed by atoms with van der Waals surface area (Å²) < 4.78 is 4.95. The van der Waals surface area contributed by atoms with Crippen molar-refractivity contribution in [2.45, 2.75) is 0 Å². The van der Waals surface area contributed by atoms with Crippen molar-refractivity contribution in [1.29, 1.82) is 0 Å². The van der Waals surface area contributed by atoms with E-state index < -0.39 is 0 Å². The second-order valence-electron chi connectivity index (χ2n) is 3.60. The molecule has 1 aromatic carbocycles. The number of aromatic hydroxyl groups is 1. The van der Waals surface area contributed by atoms with Gasteiger partial charge in [0.2, 0.25) is 0 Å². The van der Waals surface area contributed by atoms with Crippen LogP contribution in [0.2, 0.25) is 5.02 Å². The van der Waals surface area contributed by atoms with Gasteiger partial charge in [0.15, 0.2) is 11.5 Å². The Morgan fingerprint density at radius 3 is 2.89 bits per heavy atom. The molecule has 0 atom stereocenters. The summed E-state index contributed by atoms with van der Waals surface area (Å²) >= 11 is 5.99. The summed E-state index contributed by atoms with van der Waals surface area (Å²) in [5.74, 6) is 0.832. The van der Waals surface area contributed by atoms with Crippen LogP contribution >= 0.6 is 11.6 Å². The zero-order valence-electron chi connectivity index (χ0n) is 10.2. The summed E-state index contributed by atoms with van der Waals surface area (Å²) in [6.07, 6.45) is 3.15. The van der Waals surface area contributed by atoms with Gasteiger partial charge in [0.05, 0.1) is 18.3 Å². The Balaban J connectivity index is 2.13. The number of nitrogens with one attached hydrogen (secondary N) is 1. The molecule has 0 amide bonds. The van der Waals surface area contributed by atoms with Gasteiger partial charge in [0.1, 0.15) is 5.82 Å². The molecular formula is C13H12ClN3O2. The lowest BCUT2D eigenvalue weighted by molar-refractivity contribution is 0.373. The molecule has 0 spiro atoms. The maximum Gasteiger partial charge on any atom is 0.177 e. The first-order chi connectivity index (χ1) is 9.22. The van der Waals surface area contributed by atoms with Crippen molar-refractivity contribution in [2.75, 3.05) is 12.5 Å². The lowest BCUT2D eigenvalue weighted by Gasteiger charge is -2.06. The van der Waals surface area contributed by atoms with Gasteiger partial charge >= 0.3 is 0 Å². The minimum Gasteiger partial charge on any atom is -0.503 e. The molecule has 1 aromatic heterocycles. The molecule has 0 aliphatic carbocycles. The van der Waals surface area contributed by atoms with Crippen molar-refractivity contribution in [1.82, 2.24) is 4.98 Å². The highest BCUT2D eigenvalue weighted by molar-refractivity contribution is 6.34. The summed E-state index contributed by atoms with van der Waals surface area (Å²) in [5, 5.41) is 13.9. The number of hydrogen-bond acceptors (Lipinski definition) is 5. The molecule has 2 N–H and O–H groups in total. The first-order valence-corrected chi connectivity index (χ1v) is 5.85. The molecule has 0 unspecified atom stereocenters. The van der Waals surface area contributed by atoms with Crippen molar-refractivity contribution < 1.29 is 9.84 Å². The number of benzene rings is 1. The Morgan fingerprint density at radius 1 is 1.37 bits per heavy atom. The second kappa shape index (κ2) is 6.06. The van der Waals surface area contributed by atoms with E-state index in [4.69, 9.17) is 16.3 Å². The summed E-state index contributed by atoms with van der Waals surface area (Å²) in [5.41, 5.74) is 3.33. The molecule has 1 heterocycles. The van der Waals surface area contributed by atoms with Crippen LogP contribution in [0.25, 0.3) is 0 Å². The number of nitrogens with zero attached hydrogens (tertiary/aromatic N) is 2. The third kappa shape index (κ3) is 3.14. The maximum atomic E-state index is 9.74. The van der Waals surface area contributed by atoms with Gasteiger partial charge in [-0.1, -0.05) is 17.7 Å². The number of phenols is 1. The van der Waals surface area contributed by atoms with Crippen LogP contribution in [0.15, 0.2) is 41.6 Å². The van der Waals surface area contributed by atoms with Crippen LogP contribution in [-0.2, 0) is 0 Å². The van der Waals surface area contributed by atoms with Crippen LogP contribution in [0, 0.1) is 0 Å². The van der Waals surface area contributed by atoms with Crippen LogP contribution in [0.4, 0.5) is 5.82 Å². The molecule has 2 aromatic rings. The Hall–Kier alpha value is -2.27. The van der Waals surface area contributed by atoms with Crippen molar-refractivity contribution in [3.63, 3.8) is 0 Å². The zero-order valence-corrected chi connectivity index (χ0v) is 10.9. The second-order valence-corrected chi connectivity index (χ2v) is 3.98. The van der Waals surface area contributed by atoms with E-state index in [0.29, 0.717) is 17.1 Å². The van der Waals surface area contributed by atoms with Crippen LogP contribution in [-0.4, -0.2) is 23.4 Å². The number of pyridine rings is 1. The number of hydrazone groups is 1. The standard InChI is InChI=1S/C13H12ClN3O2/c1-19-10-6-5-9(12(14)13(10)18)8-16-17-11-4-2-3-7-15-11/h2-8,18H,1H3,(H,15,17). The van der Waals surface area contributed by atoms with Gasteiger partial charge in [-0.15, -0.1) is 0 Å². The van der Waals surface area contributed by atoms with Gasteiger partial charge in [0.25, 0.3) is 0 Å². The SMILES string of the molecule is COc1ccc(C=NNc2ccccn2)c(Cl)c1O. The molecule has 5 nitrogen and oxygen atoms in total. The van der Waals surface area contributed by atoms with Gasteiger partial charge in [-0.25, -0.2) is 4.98 Å². The fraction of sp³-hybridized carbons (Fsp3) is 0.0769. The first-order valence-electron chi connectivity index (χ1n) is 5.48. The number of methoxy groups -OCH3 is 1. The lowest BCUT2D eigenvalue weighted by atomic mass is 10.2. The summed E-state index contributed by atoms with van der Waals surface area (Å²) in [4.78, 5) is 4.05. The number of ether oxygens (including phenoxy) is 1. The number of anilines is 1. The Kier molecular flexibility index (Phi) is 4.20. The molecule has 98 valence electrons. The molecular weight excluding hydrogens is 266 g/mol. The van der Waals surface area contributed by atoms with Crippen molar-refractivity contribution in [3.05, 3.63) is 47.1 Å². The molecule has 0 saturated carbocycles. The molecule has 0 bridgehead atoms. The van der Waals surface area contributed by atoms with Gasteiger partial charge in [-0.3, -0.25) is 5.43 Å². The van der Waals surface area contributed by atoms with Gasteiger partial charge < -0.3 is 9.84 Å². The van der Waals surface area contributed by atoms with E-state index in [9.17, 15) is 5.11 Å². The van der Waals surface area contributed by atoms with Crippen molar-refractivity contribution in [2.24, 2.45) is 5.10 Å². The predicted molar refractivity (Wildman–Crippen MR) is 75.1 cm³/mol. The van der Waals surface area contributed by atoms with E-state index in [2.05, 4.69) is 15.5 Å². The Morgan fingerprint density at radius 2 is 2.21 bits per heavy atom. The quantitative estimate of drug-likeness (QED) is 0.666. The molecule has 0 radical (unpaired) electrons. The van der Waals surface area contributed by atoms with Gasteiger partial charge in [-0.05, 0) is 24.3 Å². The van der Waals surface area contributed by atoms with E-state index in [1.807, 2.05) is 12.1 Å². The van der Waals surface area contributed by atoms with E-state index in [-0.39, 0.29) is 10.8 Å². The first kappa shape index (κ1) is 13.2. The number of hydrogen-bond donors (Lipinski definition) is 2. The molecule has 6 heteroatoms. The summed E-state index contributed by atoms with van der Waals surface area (Å²) in [6, 6.07) is 8.75. The van der Waals surface area contributed by atoms with E-state index in [0.717, 1.165) is 0 Å². The van der Waals surface area contributed by atoms with E-state index >= 15 is 0 Å². The average Bonchev–Trinajstić information content (AvgIpc) is 2.45. The molecule has 0 aliphatic rings. The Bertz CT molecular complexity index is 588. The van der Waals surface area contributed by atoms with Crippen molar-refractivity contribution in [3.8, 4) is 11.5 Å². The minimum atomic E-state index is -0.106. The monoisotopic (exact) mass is 277 g/mol. The summed E-state index contributed by atoms with van der Waals surface area (Å²) in [7, 11) is 1.46. The van der Waals surface area contributed by atoms with Crippen LogP contribution in [0.5, 0.6) is 11.5 Å². The van der Waals surface area contributed by atoms with Crippen LogP contribution in [0.1, 0.15) is 5.56 Å². The highest BCUT2D eigenvalue weighted by atomic mass is 35.5. The fourth-order valence-corrected chi connectivity index (χ4v) is 1.63. The lowest BCUT2D eigenvalue weighted by Crippen LogP contribution is -1.94. The maximum absolute atomic E-state index is 9.74. The number of rotatable bonds is 4. The van der Waals surface area contributed by atoms with Crippen molar-refractivity contribution >= 4 is 23.6 Å². The highest BCUT2D eigenvalue weighted by Crippen LogP contribution is 2.35. The molecule has 0 aliphatic heterocycles. The molecule has 19 heavy (non-hydrogen) atoms. The zero-order chi connectivity index (χ0) is 13.7. The van der Waals surface area contributed by atoms with E-state index in [1.165, 1.54) is 13.3 Å². The third-order valence-electron chi connectivity index (χ3n) is 2.38. The minimum absolute atomic E-state index is 0.106. The fourth-order valence-electron chi connectivity index (χ4n) is 1.42. The average molecular weight is 278 g/mol. The van der Waals surface area contributed by atoms with E-state index in [1.54, 1.807) is 24.4 Å². The van der Waals surface area contributed by atoms with Crippen LogP contribution in [0.3, 0.4) is 0 Å². The molecule has 2 rings (SSSR count). The van der Waals surface area contributed by atoms with Gasteiger partial charge in [0, 0.05) is 11.8 Å². The van der Waals surface area contributed by atoms with Gasteiger partial charge in [-0.2, -0.15) is 5.10 Å². The van der Waals surface area contributed by atoms with Crippen LogP contribution < -0.4 is 10.2 Å². The normalized spacial score (nSPS) is 10.6. The molecule has 0 saturated heterocycles. The largest absolute Gasteiger partial charge is 0.503 e. The topological polar surface area (TPSA) is 66.7 Å². The summed E-state index contributed by atoms with van der Waals surface area (Å²) in [6.45, 7) is 0. The highest BCUT2D eigenvalue weighted by Gasteiger charge is 2.09. The number of halogens is 1.